The third-order valence-electron chi connectivity index (χ3n) is 1.70. The van der Waals surface area contributed by atoms with Crippen molar-refractivity contribution in [2.75, 3.05) is 6.54 Å². The first-order valence-electron chi connectivity index (χ1n) is 3.21. The van der Waals surface area contributed by atoms with Crippen LogP contribution in [0.1, 0.15) is 12.8 Å². The van der Waals surface area contributed by atoms with Crippen molar-refractivity contribution >= 4 is 5.97 Å². The van der Waals surface area contributed by atoms with Gasteiger partial charge < -0.3 is 10.0 Å². The molecule has 1 aliphatic heterocycles. The molecule has 0 bridgehead atoms. The molecule has 1 fully saturated rings. The van der Waals surface area contributed by atoms with E-state index in [2.05, 4.69) is 6.04 Å². The Bertz CT molecular complexity index is 183. The van der Waals surface area contributed by atoms with Crippen LogP contribution in [0.15, 0.2) is 0 Å². The highest BCUT2D eigenvalue weighted by Gasteiger charge is 2.28. The van der Waals surface area contributed by atoms with Crippen LogP contribution in [0.4, 0.5) is 0 Å². The summed E-state index contributed by atoms with van der Waals surface area (Å²) in [4.78, 5) is 12.0. The minimum atomic E-state index is -0.810. The van der Waals surface area contributed by atoms with Gasteiger partial charge in [-0.3, -0.25) is 0 Å². The molecule has 1 unspecified atom stereocenters. The van der Waals surface area contributed by atoms with Crippen molar-refractivity contribution in [1.82, 2.24) is 4.90 Å². The predicted molar refractivity (Wildman–Crippen MR) is 36.2 cm³/mol. The first-order valence-corrected chi connectivity index (χ1v) is 3.21. The summed E-state index contributed by atoms with van der Waals surface area (Å²) in [6.07, 6.45) is 6.64. The Kier molecular flexibility index (Phi) is 1.81. The fourth-order valence-electron chi connectivity index (χ4n) is 1.18. The highest BCUT2D eigenvalue weighted by atomic mass is 16.4. The zero-order chi connectivity index (χ0) is 7.56. The zero-order valence-corrected chi connectivity index (χ0v) is 5.58. The Morgan fingerprint density at radius 2 is 2.50 bits per heavy atom. The normalized spacial score (nSPS) is 24.3. The highest BCUT2D eigenvalue weighted by Crippen LogP contribution is 2.15. The lowest BCUT2D eigenvalue weighted by atomic mass is 10.2. The van der Waals surface area contributed by atoms with Gasteiger partial charge in [0.1, 0.15) is 6.04 Å². The summed E-state index contributed by atoms with van der Waals surface area (Å²) in [5, 5.41) is 8.58. The molecule has 0 spiro atoms. The number of carbonyl (C=O) groups is 1. The molecule has 0 aromatic rings. The molecule has 54 valence electrons. The van der Waals surface area contributed by atoms with Crippen LogP contribution in [0.3, 0.4) is 0 Å². The molecular formula is C7H9NO2. The molecule has 1 heterocycles. The Morgan fingerprint density at radius 3 is 2.90 bits per heavy atom. The second kappa shape index (κ2) is 2.61. The number of nitrogens with zero attached hydrogens (tertiary/aromatic N) is 1. The van der Waals surface area contributed by atoms with Gasteiger partial charge in [0.05, 0.1) is 0 Å². The van der Waals surface area contributed by atoms with Gasteiger partial charge in [0.25, 0.3) is 0 Å². The lowest BCUT2D eigenvalue weighted by Crippen LogP contribution is -2.31. The number of hydrogen-bond donors (Lipinski definition) is 1. The highest BCUT2D eigenvalue weighted by molar-refractivity contribution is 5.74. The van der Waals surface area contributed by atoms with Gasteiger partial charge in [0.2, 0.25) is 0 Å². The maximum atomic E-state index is 10.4. The van der Waals surface area contributed by atoms with Crippen molar-refractivity contribution in [3.63, 3.8) is 0 Å². The van der Waals surface area contributed by atoms with Crippen LogP contribution in [-0.4, -0.2) is 28.6 Å². The van der Waals surface area contributed by atoms with E-state index in [0.29, 0.717) is 13.0 Å². The Hall–Kier alpha value is -1.17. The third kappa shape index (κ3) is 1.06. The van der Waals surface area contributed by atoms with Crippen LogP contribution in [0.2, 0.25) is 0 Å². The van der Waals surface area contributed by atoms with Crippen LogP contribution in [0.5, 0.6) is 0 Å². The van der Waals surface area contributed by atoms with Crippen molar-refractivity contribution in [2.45, 2.75) is 18.9 Å². The fourth-order valence-corrected chi connectivity index (χ4v) is 1.18. The van der Waals surface area contributed by atoms with E-state index >= 15 is 0 Å². The topological polar surface area (TPSA) is 40.5 Å². The Balaban J connectivity index is 2.61. The number of rotatable bonds is 1. The second-order valence-corrected chi connectivity index (χ2v) is 2.32. The summed E-state index contributed by atoms with van der Waals surface area (Å²) >= 11 is 0. The van der Waals surface area contributed by atoms with Crippen LogP contribution < -0.4 is 0 Å². The monoisotopic (exact) mass is 139 g/mol. The molecule has 3 nitrogen and oxygen atoms in total. The van der Waals surface area contributed by atoms with E-state index in [1.807, 2.05) is 0 Å². The molecule has 0 radical (unpaired) electrons. The summed E-state index contributed by atoms with van der Waals surface area (Å²) in [6.45, 7) is 0.716. The zero-order valence-electron chi connectivity index (χ0n) is 5.58. The fraction of sp³-hybridized carbons (Fsp3) is 0.571. The average molecular weight is 139 g/mol. The molecule has 1 saturated heterocycles. The second-order valence-electron chi connectivity index (χ2n) is 2.32. The van der Waals surface area contributed by atoms with Crippen LogP contribution in [0.25, 0.3) is 0 Å². The number of terminal acetylenes is 1. The maximum absolute atomic E-state index is 10.4. The largest absolute Gasteiger partial charge is 0.480 e. The molecule has 0 amide bonds. The van der Waals surface area contributed by atoms with E-state index in [-0.39, 0.29) is 0 Å². The molecule has 0 aliphatic carbocycles. The van der Waals surface area contributed by atoms with Gasteiger partial charge in [-0.05, 0) is 12.8 Å². The third-order valence-corrected chi connectivity index (χ3v) is 1.70. The van der Waals surface area contributed by atoms with Gasteiger partial charge in [-0.25, -0.2) is 4.79 Å². The SMILES string of the molecule is C#CN1CCCC1C(=O)O. The van der Waals surface area contributed by atoms with Crippen LogP contribution >= 0.6 is 0 Å². The molecule has 1 N–H and O–H groups in total. The van der Waals surface area contributed by atoms with E-state index in [1.165, 1.54) is 4.90 Å². The minimum absolute atomic E-state index is 0.440. The number of hydrogen-bond acceptors (Lipinski definition) is 2. The summed E-state index contributed by atoms with van der Waals surface area (Å²) in [7, 11) is 0. The molecule has 1 atom stereocenters. The summed E-state index contributed by atoms with van der Waals surface area (Å²) in [5.41, 5.74) is 0. The quantitative estimate of drug-likeness (QED) is 0.525. The van der Waals surface area contributed by atoms with E-state index in [0.717, 1.165) is 6.42 Å². The molecule has 0 aromatic heterocycles. The molecule has 1 rings (SSSR count). The van der Waals surface area contributed by atoms with Gasteiger partial charge in [0.15, 0.2) is 0 Å². The van der Waals surface area contributed by atoms with E-state index in [9.17, 15) is 4.79 Å². The van der Waals surface area contributed by atoms with Gasteiger partial charge in [-0.15, -0.1) is 0 Å². The minimum Gasteiger partial charge on any atom is -0.480 e. The van der Waals surface area contributed by atoms with E-state index < -0.39 is 12.0 Å². The van der Waals surface area contributed by atoms with E-state index in [1.54, 1.807) is 0 Å². The number of carboxylic acids is 1. The lowest BCUT2D eigenvalue weighted by molar-refractivity contribution is -0.141. The van der Waals surface area contributed by atoms with E-state index in [4.69, 9.17) is 11.5 Å². The van der Waals surface area contributed by atoms with Crippen LogP contribution in [-0.2, 0) is 4.79 Å². The smallest absolute Gasteiger partial charge is 0.327 e. The molecule has 0 saturated carbocycles. The van der Waals surface area contributed by atoms with Crippen molar-refractivity contribution in [1.29, 1.82) is 0 Å². The molecule has 1 aliphatic rings. The lowest BCUT2D eigenvalue weighted by Gasteiger charge is -2.14. The van der Waals surface area contributed by atoms with Crippen molar-refractivity contribution in [3.8, 4) is 12.5 Å². The van der Waals surface area contributed by atoms with Gasteiger partial charge in [-0.1, -0.05) is 6.42 Å². The predicted octanol–water partition coefficient (Wildman–Crippen LogP) is 0.126. The summed E-state index contributed by atoms with van der Waals surface area (Å²) < 4.78 is 0. The standard InChI is InChI=1S/C7H9NO2/c1-2-8-5-3-4-6(8)7(9)10/h1,6H,3-5H2,(H,9,10). The van der Waals surface area contributed by atoms with Crippen LogP contribution in [0, 0.1) is 12.5 Å². The molecule has 0 aromatic carbocycles. The van der Waals surface area contributed by atoms with Crippen molar-refractivity contribution < 1.29 is 9.90 Å². The van der Waals surface area contributed by atoms with Crippen molar-refractivity contribution in [2.24, 2.45) is 0 Å². The Morgan fingerprint density at radius 1 is 1.80 bits per heavy atom. The van der Waals surface area contributed by atoms with Gasteiger partial charge >= 0.3 is 5.97 Å². The summed E-state index contributed by atoms with van der Waals surface area (Å²) in [6, 6.07) is 1.91. The molecular weight excluding hydrogens is 130 g/mol. The number of likely N-dealkylation sites (tertiary alicyclic amines) is 1. The first-order chi connectivity index (χ1) is 4.75. The van der Waals surface area contributed by atoms with Gasteiger partial charge in [0, 0.05) is 12.6 Å². The number of aliphatic carboxylic acids is 1. The maximum Gasteiger partial charge on any atom is 0.327 e. The first kappa shape index (κ1) is 6.94. The Labute approximate surface area is 59.6 Å². The molecule has 3 heteroatoms. The van der Waals surface area contributed by atoms with Crippen molar-refractivity contribution in [3.05, 3.63) is 0 Å². The average Bonchev–Trinajstić information content (AvgIpc) is 2.33. The number of carboxylic acid groups (broad SMARTS) is 1. The summed E-state index contributed by atoms with van der Waals surface area (Å²) in [5.74, 6) is -0.810. The van der Waals surface area contributed by atoms with Gasteiger partial charge in [-0.2, -0.15) is 0 Å². The molecule has 10 heavy (non-hydrogen) atoms.